The summed E-state index contributed by atoms with van der Waals surface area (Å²) < 4.78 is 0. The van der Waals surface area contributed by atoms with Crippen LogP contribution in [0.4, 0.5) is 5.69 Å². The van der Waals surface area contributed by atoms with Crippen molar-refractivity contribution in [2.45, 2.75) is 13.8 Å². The van der Waals surface area contributed by atoms with Crippen LogP contribution in [0.2, 0.25) is 0 Å². The maximum atomic E-state index is 2.33. The Morgan fingerprint density at radius 2 is 1.92 bits per heavy atom. The van der Waals surface area contributed by atoms with E-state index in [0.29, 0.717) is 0 Å². The van der Waals surface area contributed by atoms with E-state index in [-0.39, 0.29) is 0 Å². The summed E-state index contributed by atoms with van der Waals surface area (Å²) >= 11 is 0. The fourth-order valence-corrected chi connectivity index (χ4v) is 1.29. The largest absolute Gasteiger partial charge is 0.368 e. The lowest BCUT2D eigenvalue weighted by molar-refractivity contribution is 0.905. The lowest BCUT2D eigenvalue weighted by atomic mass is 10.3. The van der Waals surface area contributed by atoms with Crippen molar-refractivity contribution < 1.29 is 0 Å². The van der Waals surface area contributed by atoms with E-state index in [9.17, 15) is 0 Å². The van der Waals surface area contributed by atoms with Gasteiger partial charge in [-0.3, -0.25) is 0 Å². The highest BCUT2D eigenvalue weighted by Gasteiger charge is 1.98. The number of benzene rings is 1. The molecule has 0 heterocycles. The molecule has 70 valence electrons. The zero-order valence-corrected chi connectivity index (χ0v) is 8.40. The van der Waals surface area contributed by atoms with E-state index in [1.807, 2.05) is 6.07 Å². The fourth-order valence-electron chi connectivity index (χ4n) is 1.29. The minimum absolute atomic E-state index is 0.997. The normalized spacial score (nSPS) is 10.6. The molecule has 0 aliphatic heterocycles. The summed E-state index contributed by atoms with van der Waals surface area (Å²) in [5, 5.41) is 0. The van der Waals surface area contributed by atoms with Gasteiger partial charge in [0.1, 0.15) is 0 Å². The first kappa shape index (κ1) is 9.85. The maximum Gasteiger partial charge on any atom is 0.0368 e. The number of likely N-dealkylation sites (N-methyl/N-ethyl adjacent to an activating group) is 1. The van der Waals surface area contributed by atoms with Gasteiger partial charge in [0.15, 0.2) is 0 Å². The first-order valence-electron chi connectivity index (χ1n) is 4.79. The summed E-state index contributed by atoms with van der Waals surface area (Å²) in [7, 11) is 0. The van der Waals surface area contributed by atoms with Crippen molar-refractivity contribution in [3.05, 3.63) is 42.5 Å². The van der Waals surface area contributed by atoms with Gasteiger partial charge in [-0.25, -0.2) is 0 Å². The maximum absolute atomic E-state index is 2.33. The average molecular weight is 175 g/mol. The molecule has 0 spiro atoms. The van der Waals surface area contributed by atoms with Crippen molar-refractivity contribution in [1.29, 1.82) is 0 Å². The Bertz CT molecular complexity index is 251. The number of hydrogen-bond acceptors (Lipinski definition) is 1. The second kappa shape index (κ2) is 5.41. The van der Waals surface area contributed by atoms with Gasteiger partial charge in [0.25, 0.3) is 0 Å². The molecule has 0 aliphatic carbocycles. The molecule has 13 heavy (non-hydrogen) atoms. The third-order valence-electron chi connectivity index (χ3n) is 2.06. The average Bonchev–Trinajstić information content (AvgIpc) is 2.21. The number of allylic oxidation sites excluding steroid dienone is 1. The molecule has 0 bridgehead atoms. The Labute approximate surface area is 80.7 Å². The van der Waals surface area contributed by atoms with Crippen LogP contribution in [0.15, 0.2) is 42.5 Å². The fraction of sp³-hybridized carbons (Fsp3) is 0.333. The number of para-hydroxylation sites is 1. The molecule has 0 saturated heterocycles. The summed E-state index contributed by atoms with van der Waals surface area (Å²) in [6, 6.07) is 10.5. The van der Waals surface area contributed by atoms with Crippen molar-refractivity contribution in [3.63, 3.8) is 0 Å². The van der Waals surface area contributed by atoms with Crippen LogP contribution >= 0.6 is 0 Å². The standard InChI is InChI=1S/C12H17N/c1-3-5-11-13(4-2)12-9-7-6-8-10-12/h3,5-10H,4,11H2,1-2H3/b5-3-. The highest BCUT2D eigenvalue weighted by Crippen LogP contribution is 2.11. The third kappa shape index (κ3) is 2.94. The molecule has 1 rings (SSSR count). The van der Waals surface area contributed by atoms with Gasteiger partial charge in [-0.2, -0.15) is 0 Å². The summed E-state index contributed by atoms with van der Waals surface area (Å²) in [5.41, 5.74) is 1.29. The van der Waals surface area contributed by atoms with Crippen LogP contribution in [-0.4, -0.2) is 13.1 Å². The van der Waals surface area contributed by atoms with Gasteiger partial charge in [0, 0.05) is 18.8 Å². The van der Waals surface area contributed by atoms with Crippen LogP contribution in [0.1, 0.15) is 13.8 Å². The van der Waals surface area contributed by atoms with Crippen molar-refractivity contribution >= 4 is 5.69 Å². The van der Waals surface area contributed by atoms with E-state index < -0.39 is 0 Å². The van der Waals surface area contributed by atoms with E-state index in [4.69, 9.17) is 0 Å². The molecule has 1 aromatic rings. The third-order valence-corrected chi connectivity index (χ3v) is 2.06. The van der Waals surface area contributed by atoms with Gasteiger partial charge in [-0.1, -0.05) is 30.4 Å². The Morgan fingerprint density at radius 1 is 1.23 bits per heavy atom. The van der Waals surface area contributed by atoms with Gasteiger partial charge in [0.05, 0.1) is 0 Å². The van der Waals surface area contributed by atoms with E-state index >= 15 is 0 Å². The van der Waals surface area contributed by atoms with Crippen molar-refractivity contribution in [2.75, 3.05) is 18.0 Å². The SMILES string of the molecule is C/C=C\CN(CC)c1ccccc1. The molecule has 0 fully saturated rings. The first-order valence-corrected chi connectivity index (χ1v) is 4.79. The second-order valence-corrected chi connectivity index (χ2v) is 2.94. The summed E-state index contributed by atoms with van der Waals surface area (Å²) in [5.74, 6) is 0. The highest BCUT2D eigenvalue weighted by molar-refractivity contribution is 5.46. The molecule has 0 atom stereocenters. The van der Waals surface area contributed by atoms with E-state index in [1.54, 1.807) is 0 Å². The Kier molecular flexibility index (Phi) is 4.10. The molecule has 1 aromatic carbocycles. The van der Waals surface area contributed by atoms with Crippen LogP contribution in [0.5, 0.6) is 0 Å². The van der Waals surface area contributed by atoms with Crippen LogP contribution in [0.25, 0.3) is 0 Å². The predicted octanol–water partition coefficient (Wildman–Crippen LogP) is 3.09. The zero-order chi connectivity index (χ0) is 9.52. The van der Waals surface area contributed by atoms with Gasteiger partial charge < -0.3 is 4.90 Å². The molecular formula is C12H17N. The lowest BCUT2D eigenvalue weighted by Crippen LogP contribution is -2.22. The topological polar surface area (TPSA) is 3.24 Å². The van der Waals surface area contributed by atoms with Crippen LogP contribution in [0, 0.1) is 0 Å². The highest BCUT2D eigenvalue weighted by atomic mass is 15.1. The molecule has 1 nitrogen and oxygen atoms in total. The monoisotopic (exact) mass is 175 g/mol. The lowest BCUT2D eigenvalue weighted by Gasteiger charge is -2.20. The number of rotatable bonds is 4. The minimum Gasteiger partial charge on any atom is -0.368 e. The van der Waals surface area contributed by atoms with Crippen molar-refractivity contribution in [1.82, 2.24) is 0 Å². The van der Waals surface area contributed by atoms with Crippen molar-refractivity contribution in [2.24, 2.45) is 0 Å². The van der Waals surface area contributed by atoms with E-state index in [0.717, 1.165) is 13.1 Å². The minimum atomic E-state index is 0.997. The molecule has 0 N–H and O–H groups in total. The molecule has 0 unspecified atom stereocenters. The Hall–Kier alpha value is -1.24. The van der Waals surface area contributed by atoms with Crippen LogP contribution in [0.3, 0.4) is 0 Å². The molecule has 0 aromatic heterocycles. The summed E-state index contributed by atoms with van der Waals surface area (Å²) in [6.45, 7) is 6.28. The number of nitrogens with zero attached hydrogens (tertiary/aromatic N) is 1. The molecule has 0 radical (unpaired) electrons. The quantitative estimate of drug-likeness (QED) is 0.636. The van der Waals surface area contributed by atoms with E-state index in [2.05, 4.69) is 55.2 Å². The molecule has 0 saturated carbocycles. The summed E-state index contributed by atoms with van der Waals surface area (Å²) in [6.07, 6.45) is 4.27. The van der Waals surface area contributed by atoms with Crippen LogP contribution < -0.4 is 4.90 Å². The van der Waals surface area contributed by atoms with E-state index in [1.165, 1.54) is 5.69 Å². The second-order valence-electron chi connectivity index (χ2n) is 2.94. The molecule has 1 heteroatoms. The van der Waals surface area contributed by atoms with Crippen molar-refractivity contribution in [3.8, 4) is 0 Å². The Morgan fingerprint density at radius 3 is 2.46 bits per heavy atom. The Balaban J connectivity index is 2.67. The van der Waals surface area contributed by atoms with Crippen LogP contribution in [-0.2, 0) is 0 Å². The molecular weight excluding hydrogens is 158 g/mol. The number of anilines is 1. The number of hydrogen-bond donors (Lipinski definition) is 0. The summed E-state index contributed by atoms with van der Waals surface area (Å²) in [4.78, 5) is 2.33. The van der Waals surface area contributed by atoms with Gasteiger partial charge in [-0.15, -0.1) is 0 Å². The van der Waals surface area contributed by atoms with Gasteiger partial charge in [0.2, 0.25) is 0 Å². The van der Waals surface area contributed by atoms with Gasteiger partial charge >= 0.3 is 0 Å². The first-order chi connectivity index (χ1) is 6.38. The van der Waals surface area contributed by atoms with Gasteiger partial charge in [-0.05, 0) is 26.0 Å². The predicted molar refractivity (Wildman–Crippen MR) is 59.1 cm³/mol. The smallest absolute Gasteiger partial charge is 0.0368 e. The molecule has 0 aliphatic rings. The molecule has 0 amide bonds. The zero-order valence-electron chi connectivity index (χ0n) is 8.40.